The molecule has 0 aliphatic rings. The Bertz CT molecular complexity index is 230. The van der Waals surface area contributed by atoms with E-state index in [2.05, 4.69) is 15.3 Å². The van der Waals surface area contributed by atoms with Crippen molar-refractivity contribution >= 4 is 6.21 Å². The van der Waals surface area contributed by atoms with Crippen LogP contribution in [0, 0.1) is 0 Å². The summed E-state index contributed by atoms with van der Waals surface area (Å²) in [5, 5.41) is 11.1. The third-order valence-electron chi connectivity index (χ3n) is 1.19. The minimum atomic E-state index is -0.438. The third-order valence-corrected chi connectivity index (χ3v) is 1.19. The van der Waals surface area contributed by atoms with E-state index in [0.717, 1.165) is 0 Å². The fourth-order valence-electron chi connectivity index (χ4n) is 0.604. The largest absolute Gasteiger partial charge is 0.351 e. The molecule has 1 aromatic heterocycles. The van der Waals surface area contributed by atoms with Crippen LogP contribution in [0.4, 0.5) is 0 Å². The van der Waals surface area contributed by atoms with Gasteiger partial charge >= 0.3 is 0 Å². The molecule has 6 heteroatoms. The number of methoxy groups -OCH3 is 2. The van der Waals surface area contributed by atoms with Crippen molar-refractivity contribution in [1.29, 1.82) is 0 Å². The molecule has 12 heavy (non-hydrogen) atoms. The Morgan fingerprint density at radius 2 is 1.92 bits per heavy atom. The molecule has 0 fully saturated rings. The van der Waals surface area contributed by atoms with Gasteiger partial charge in [-0.3, -0.25) is 0 Å². The van der Waals surface area contributed by atoms with Gasteiger partial charge in [0.25, 0.3) is 0 Å². The van der Waals surface area contributed by atoms with Crippen molar-refractivity contribution in [3.8, 4) is 0 Å². The molecule has 0 saturated carbocycles. The van der Waals surface area contributed by atoms with E-state index >= 15 is 0 Å². The van der Waals surface area contributed by atoms with E-state index in [4.69, 9.17) is 9.47 Å². The second kappa shape index (κ2) is 4.58. The topological polar surface area (TPSA) is 61.5 Å². The van der Waals surface area contributed by atoms with E-state index in [9.17, 15) is 0 Å². The van der Waals surface area contributed by atoms with E-state index in [1.54, 1.807) is 0 Å². The molecule has 0 atom stereocenters. The molecule has 1 heterocycles. The SMILES string of the molecule is COC(C=Nn1cnnc1)OC. The second-order valence-corrected chi connectivity index (χ2v) is 1.95. The third kappa shape index (κ3) is 2.40. The maximum absolute atomic E-state index is 4.87. The summed E-state index contributed by atoms with van der Waals surface area (Å²) < 4.78 is 11.2. The fraction of sp³-hybridized carbons (Fsp3) is 0.500. The molecule has 0 unspecified atom stereocenters. The first-order valence-corrected chi connectivity index (χ1v) is 3.31. The molecule has 0 aliphatic heterocycles. The van der Waals surface area contributed by atoms with E-state index in [0.29, 0.717) is 0 Å². The van der Waals surface area contributed by atoms with Crippen molar-refractivity contribution in [3.63, 3.8) is 0 Å². The highest BCUT2D eigenvalue weighted by atomic mass is 16.7. The Labute approximate surface area is 69.8 Å². The summed E-state index contributed by atoms with van der Waals surface area (Å²) >= 11 is 0. The number of hydrogen-bond acceptors (Lipinski definition) is 5. The zero-order valence-electron chi connectivity index (χ0n) is 6.91. The number of aromatic nitrogens is 3. The van der Waals surface area contributed by atoms with Crippen LogP contribution >= 0.6 is 0 Å². The Kier molecular flexibility index (Phi) is 3.36. The first kappa shape index (κ1) is 8.82. The molecule has 0 bridgehead atoms. The molecule has 0 spiro atoms. The summed E-state index contributed by atoms with van der Waals surface area (Å²) in [7, 11) is 3.07. The lowest BCUT2D eigenvalue weighted by atomic mass is 10.7. The molecule has 6 nitrogen and oxygen atoms in total. The van der Waals surface area contributed by atoms with Gasteiger partial charge in [0.1, 0.15) is 12.7 Å². The van der Waals surface area contributed by atoms with Gasteiger partial charge in [0, 0.05) is 14.2 Å². The van der Waals surface area contributed by atoms with Gasteiger partial charge in [-0.25, -0.2) is 4.68 Å². The Morgan fingerprint density at radius 1 is 1.33 bits per heavy atom. The van der Waals surface area contributed by atoms with Gasteiger partial charge in [-0.2, -0.15) is 5.10 Å². The fourth-order valence-corrected chi connectivity index (χ4v) is 0.604. The normalized spacial score (nSPS) is 11.6. The highest BCUT2D eigenvalue weighted by molar-refractivity contribution is 5.60. The lowest BCUT2D eigenvalue weighted by Gasteiger charge is -2.05. The van der Waals surface area contributed by atoms with Crippen molar-refractivity contribution in [2.24, 2.45) is 5.10 Å². The molecule has 1 rings (SSSR count). The summed E-state index contributed by atoms with van der Waals surface area (Å²) in [6, 6.07) is 0. The zero-order valence-corrected chi connectivity index (χ0v) is 6.91. The molecule has 0 saturated heterocycles. The number of hydrogen-bond donors (Lipinski definition) is 0. The Balaban J connectivity index is 2.49. The highest BCUT2D eigenvalue weighted by Gasteiger charge is 1.98. The van der Waals surface area contributed by atoms with Gasteiger partial charge in [0.15, 0.2) is 6.29 Å². The number of nitrogens with zero attached hydrogens (tertiary/aromatic N) is 4. The minimum absolute atomic E-state index is 0.438. The molecule has 66 valence electrons. The molecular weight excluding hydrogens is 160 g/mol. The van der Waals surface area contributed by atoms with Crippen LogP contribution in [0.25, 0.3) is 0 Å². The van der Waals surface area contributed by atoms with E-state index in [1.807, 2.05) is 0 Å². The van der Waals surface area contributed by atoms with Crippen molar-refractivity contribution in [3.05, 3.63) is 12.7 Å². The first-order valence-electron chi connectivity index (χ1n) is 3.31. The molecule has 1 aromatic rings. The standard InChI is InChI=1S/C6H10N4O2/c1-11-6(12-2)3-9-10-4-7-8-5-10/h3-6H,1-2H3. The predicted octanol–water partition coefficient (Wildman–Crippen LogP) is -0.269. The highest BCUT2D eigenvalue weighted by Crippen LogP contribution is 1.87. The van der Waals surface area contributed by atoms with Gasteiger partial charge in [-0.05, 0) is 0 Å². The van der Waals surface area contributed by atoms with Crippen molar-refractivity contribution < 1.29 is 9.47 Å². The Morgan fingerprint density at radius 3 is 2.42 bits per heavy atom. The van der Waals surface area contributed by atoms with Crippen LogP contribution in [0.5, 0.6) is 0 Å². The molecule has 0 N–H and O–H groups in total. The van der Waals surface area contributed by atoms with Crippen LogP contribution in [0.3, 0.4) is 0 Å². The van der Waals surface area contributed by atoms with Gasteiger partial charge in [0.2, 0.25) is 0 Å². The van der Waals surface area contributed by atoms with Gasteiger partial charge in [0.05, 0.1) is 6.21 Å². The van der Waals surface area contributed by atoms with E-state index in [1.165, 1.54) is 37.8 Å². The monoisotopic (exact) mass is 170 g/mol. The van der Waals surface area contributed by atoms with E-state index in [-0.39, 0.29) is 0 Å². The molecular formula is C6H10N4O2. The van der Waals surface area contributed by atoms with Crippen molar-refractivity contribution in [2.45, 2.75) is 6.29 Å². The maximum atomic E-state index is 4.87. The van der Waals surface area contributed by atoms with Gasteiger partial charge in [-0.1, -0.05) is 0 Å². The second-order valence-electron chi connectivity index (χ2n) is 1.95. The average molecular weight is 170 g/mol. The van der Waals surface area contributed by atoms with Crippen LogP contribution in [-0.4, -0.2) is 41.6 Å². The Hall–Kier alpha value is -1.27. The van der Waals surface area contributed by atoms with E-state index < -0.39 is 6.29 Å². The smallest absolute Gasteiger partial charge is 0.195 e. The van der Waals surface area contributed by atoms with Crippen LogP contribution in [0.2, 0.25) is 0 Å². The summed E-state index contributed by atoms with van der Waals surface area (Å²) in [6.45, 7) is 0. The lowest BCUT2D eigenvalue weighted by Crippen LogP contribution is -2.14. The van der Waals surface area contributed by atoms with Crippen molar-refractivity contribution in [2.75, 3.05) is 14.2 Å². The maximum Gasteiger partial charge on any atom is 0.195 e. The molecule has 0 aliphatic carbocycles. The summed E-state index contributed by atoms with van der Waals surface area (Å²) in [5.74, 6) is 0. The summed E-state index contributed by atoms with van der Waals surface area (Å²) in [4.78, 5) is 0. The van der Waals surface area contributed by atoms with Crippen LogP contribution in [-0.2, 0) is 9.47 Å². The van der Waals surface area contributed by atoms with Crippen molar-refractivity contribution in [1.82, 2.24) is 14.9 Å². The zero-order chi connectivity index (χ0) is 8.81. The number of rotatable bonds is 4. The quantitative estimate of drug-likeness (QED) is 0.461. The molecule has 0 radical (unpaired) electrons. The molecule has 0 amide bonds. The van der Waals surface area contributed by atoms with Crippen LogP contribution < -0.4 is 0 Å². The average Bonchev–Trinajstić information content (AvgIpc) is 2.59. The summed E-state index contributed by atoms with van der Waals surface area (Å²) in [6.07, 6.45) is 4.01. The first-order chi connectivity index (χ1) is 5.86. The van der Waals surface area contributed by atoms with Crippen LogP contribution in [0.1, 0.15) is 0 Å². The predicted molar refractivity (Wildman–Crippen MR) is 41.7 cm³/mol. The summed E-state index contributed by atoms with van der Waals surface area (Å²) in [5.41, 5.74) is 0. The lowest BCUT2D eigenvalue weighted by molar-refractivity contribution is -0.0486. The van der Waals surface area contributed by atoms with Gasteiger partial charge < -0.3 is 9.47 Å². The molecule has 0 aromatic carbocycles. The number of ether oxygens (including phenoxy) is 2. The van der Waals surface area contributed by atoms with Crippen LogP contribution in [0.15, 0.2) is 17.8 Å². The minimum Gasteiger partial charge on any atom is -0.351 e. The van der Waals surface area contributed by atoms with Gasteiger partial charge in [-0.15, -0.1) is 10.2 Å².